The summed E-state index contributed by atoms with van der Waals surface area (Å²) in [7, 11) is 0. The maximum Gasteiger partial charge on any atom is 2.00 e. The van der Waals surface area contributed by atoms with Crippen LogP contribution in [0.1, 0.15) is 6.42 Å². The van der Waals surface area contributed by atoms with Crippen molar-refractivity contribution in [2.24, 2.45) is 11.5 Å². The van der Waals surface area contributed by atoms with Crippen molar-refractivity contribution in [1.82, 2.24) is 0 Å². The standard InChI is InChI=1S/C6H14N2O2.2ClH.Pt/c7-3-6(4-8)1-2-9-5-10-6;;;/h1-5,7-8H2;2*1H;/q;;;+2/p-2. The van der Waals surface area contributed by atoms with Gasteiger partial charge in [0.2, 0.25) is 0 Å². The van der Waals surface area contributed by atoms with Crippen molar-refractivity contribution >= 4 is 0 Å². The van der Waals surface area contributed by atoms with E-state index in [4.69, 9.17) is 20.9 Å². The van der Waals surface area contributed by atoms with Gasteiger partial charge in [0, 0.05) is 19.5 Å². The Kier molecular flexibility index (Phi) is 14.6. The molecule has 1 aliphatic rings. The van der Waals surface area contributed by atoms with Gasteiger partial charge in [-0.2, -0.15) is 0 Å². The second kappa shape index (κ2) is 9.66. The average Bonchev–Trinajstić information content (AvgIpc) is 2.06. The minimum absolute atomic E-state index is 0. The van der Waals surface area contributed by atoms with Gasteiger partial charge in [-0.25, -0.2) is 0 Å². The van der Waals surface area contributed by atoms with Crippen LogP contribution >= 0.6 is 0 Å². The Bertz CT molecular complexity index is 109. The van der Waals surface area contributed by atoms with Gasteiger partial charge in [-0.3, -0.25) is 0 Å². The molecule has 0 aromatic carbocycles. The number of hydrogen-bond acceptors (Lipinski definition) is 4. The quantitative estimate of drug-likeness (QED) is 0.473. The molecule has 0 amide bonds. The molecule has 1 saturated heterocycles. The van der Waals surface area contributed by atoms with E-state index in [9.17, 15) is 0 Å². The summed E-state index contributed by atoms with van der Waals surface area (Å²) in [5.74, 6) is 0. The molecule has 4 N–H and O–H groups in total. The Morgan fingerprint density at radius 3 is 1.92 bits per heavy atom. The van der Waals surface area contributed by atoms with Gasteiger partial charge in [-0.15, -0.1) is 0 Å². The Balaban J connectivity index is -0.000000333. The van der Waals surface area contributed by atoms with Crippen LogP contribution in [0.25, 0.3) is 0 Å². The predicted molar refractivity (Wildman–Crippen MR) is 37.4 cm³/mol. The molecule has 0 bridgehead atoms. The molecule has 1 heterocycles. The Hall–Kier alpha value is 1.11. The van der Waals surface area contributed by atoms with E-state index in [0.29, 0.717) is 26.5 Å². The van der Waals surface area contributed by atoms with Crippen molar-refractivity contribution < 1.29 is 55.4 Å². The smallest absolute Gasteiger partial charge is 1.00 e. The topological polar surface area (TPSA) is 70.5 Å². The molecule has 7 heteroatoms. The van der Waals surface area contributed by atoms with Crippen molar-refractivity contribution in [3.05, 3.63) is 0 Å². The molecule has 0 aliphatic carbocycles. The van der Waals surface area contributed by atoms with Crippen molar-refractivity contribution in [3.63, 3.8) is 0 Å². The third-order valence-electron chi connectivity index (χ3n) is 1.89. The van der Waals surface area contributed by atoms with Gasteiger partial charge < -0.3 is 45.8 Å². The largest absolute Gasteiger partial charge is 2.00 e. The maximum atomic E-state index is 5.49. The van der Waals surface area contributed by atoms with Crippen LogP contribution in [0.15, 0.2) is 0 Å². The van der Waals surface area contributed by atoms with Crippen LogP contribution in [0.2, 0.25) is 0 Å². The third-order valence-corrected chi connectivity index (χ3v) is 1.89. The van der Waals surface area contributed by atoms with Crippen LogP contribution in [0, 0.1) is 0 Å². The van der Waals surface area contributed by atoms with Gasteiger partial charge in [-0.1, -0.05) is 0 Å². The molecule has 0 atom stereocenters. The van der Waals surface area contributed by atoms with Crippen LogP contribution < -0.4 is 36.3 Å². The number of halogens is 2. The van der Waals surface area contributed by atoms with Crippen molar-refractivity contribution in [3.8, 4) is 0 Å². The van der Waals surface area contributed by atoms with Gasteiger partial charge in [0.25, 0.3) is 0 Å². The fourth-order valence-electron chi connectivity index (χ4n) is 0.961. The van der Waals surface area contributed by atoms with Gasteiger partial charge in [0.1, 0.15) is 6.79 Å². The van der Waals surface area contributed by atoms with Crippen molar-refractivity contribution in [1.29, 1.82) is 0 Å². The van der Waals surface area contributed by atoms with E-state index in [2.05, 4.69) is 0 Å². The molecule has 0 spiro atoms. The summed E-state index contributed by atoms with van der Waals surface area (Å²) in [5.41, 5.74) is 10.7. The summed E-state index contributed by atoms with van der Waals surface area (Å²) in [6, 6.07) is 0. The summed E-state index contributed by atoms with van der Waals surface area (Å²) in [6.07, 6.45) is 0.806. The van der Waals surface area contributed by atoms with E-state index in [1.54, 1.807) is 0 Å². The van der Waals surface area contributed by atoms with E-state index in [0.717, 1.165) is 6.42 Å². The molecule has 0 radical (unpaired) electrons. The molecular weight excluding hydrogens is 398 g/mol. The minimum atomic E-state index is -0.307. The SMILES string of the molecule is NCC1(CN)CCOCO1.[Cl-].[Cl-].[Pt+2]. The first kappa shape index (κ1) is 19.6. The Morgan fingerprint density at radius 2 is 1.69 bits per heavy atom. The van der Waals surface area contributed by atoms with E-state index in [1.807, 2.05) is 0 Å². The first-order valence-corrected chi connectivity index (χ1v) is 3.45. The second-order valence-corrected chi connectivity index (χ2v) is 2.51. The molecule has 0 aromatic heterocycles. The zero-order valence-corrected chi connectivity index (χ0v) is 10.9. The molecule has 0 unspecified atom stereocenters. The molecule has 0 saturated carbocycles. The van der Waals surface area contributed by atoms with Gasteiger partial charge in [0.05, 0.1) is 12.2 Å². The van der Waals surface area contributed by atoms with Crippen LogP contribution in [-0.2, 0) is 30.5 Å². The fraction of sp³-hybridized carbons (Fsp3) is 1.00. The number of ether oxygens (including phenoxy) is 2. The zero-order valence-electron chi connectivity index (χ0n) is 7.08. The number of rotatable bonds is 2. The molecule has 1 aliphatic heterocycles. The first-order chi connectivity index (χ1) is 4.83. The predicted octanol–water partition coefficient (Wildman–Crippen LogP) is -6.96. The Labute approximate surface area is 105 Å². The minimum Gasteiger partial charge on any atom is -1.00 e. The molecule has 84 valence electrons. The number of hydrogen-bond donors (Lipinski definition) is 2. The van der Waals surface area contributed by atoms with Crippen molar-refractivity contribution in [2.45, 2.75) is 12.0 Å². The normalized spacial score (nSPS) is 18.9. The summed E-state index contributed by atoms with van der Waals surface area (Å²) in [6.45, 7) is 1.99. The van der Waals surface area contributed by atoms with E-state index in [1.165, 1.54) is 0 Å². The monoisotopic (exact) mass is 411 g/mol. The maximum absolute atomic E-state index is 5.49. The van der Waals surface area contributed by atoms with Gasteiger partial charge in [-0.05, 0) is 0 Å². The molecule has 4 nitrogen and oxygen atoms in total. The van der Waals surface area contributed by atoms with Gasteiger partial charge in [0.15, 0.2) is 0 Å². The second-order valence-electron chi connectivity index (χ2n) is 2.51. The van der Waals surface area contributed by atoms with Crippen LogP contribution in [0.4, 0.5) is 0 Å². The average molecular weight is 412 g/mol. The van der Waals surface area contributed by atoms with E-state index >= 15 is 0 Å². The molecule has 13 heavy (non-hydrogen) atoms. The summed E-state index contributed by atoms with van der Waals surface area (Å²) in [5, 5.41) is 0. The van der Waals surface area contributed by atoms with Gasteiger partial charge >= 0.3 is 21.1 Å². The zero-order chi connectivity index (χ0) is 7.45. The Morgan fingerprint density at radius 1 is 1.15 bits per heavy atom. The summed E-state index contributed by atoms with van der Waals surface area (Å²) < 4.78 is 10.3. The molecule has 1 rings (SSSR count). The first-order valence-electron chi connectivity index (χ1n) is 3.45. The molecular formula is C6H14Cl2N2O2Pt. The van der Waals surface area contributed by atoms with Crippen LogP contribution in [0.3, 0.4) is 0 Å². The molecule has 1 fully saturated rings. The van der Waals surface area contributed by atoms with E-state index in [-0.39, 0.29) is 51.5 Å². The number of nitrogens with two attached hydrogens (primary N) is 2. The van der Waals surface area contributed by atoms with E-state index < -0.39 is 0 Å². The molecule has 0 aromatic rings. The van der Waals surface area contributed by atoms with Crippen molar-refractivity contribution in [2.75, 3.05) is 26.5 Å². The fourth-order valence-corrected chi connectivity index (χ4v) is 0.961. The van der Waals surface area contributed by atoms with Crippen LogP contribution in [0.5, 0.6) is 0 Å². The van der Waals surface area contributed by atoms with Crippen LogP contribution in [-0.4, -0.2) is 32.1 Å². The summed E-state index contributed by atoms with van der Waals surface area (Å²) >= 11 is 0. The summed E-state index contributed by atoms with van der Waals surface area (Å²) in [4.78, 5) is 0. The third kappa shape index (κ3) is 5.53.